The second-order valence-corrected chi connectivity index (χ2v) is 10.3. The van der Waals surface area contributed by atoms with Crippen LogP contribution in [0.1, 0.15) is 75.6 Å². The van der Waals surface area contributed by atoms with E-state index in [1.807, 2.05) is 41.1 Å². The lowest BCUT2D eigenvalue weighted by atomic mass is 9.86. The first-order valence-electron chi connectivity index (χ1n) is 13.9. The predicted octanol–water partition coefficient (Wildman–Crippen LogP) is 4.88. The fraction of sp³-hybridized carbons (Fsp3) is 0.448. The number of nitrogens with one attached hydrogen (secondary N) is 1. The van der Waals surface area contributed by atoms with E-state index < -0.39 is 11.9 Å². The molecule has 204 valence electrons. The molecule has 3 aromatic heterocycles. The number of pyridine rings is 1. The van der Waals surface area contributed by atoms with Crippen molar-refractivity contribution in [2.75, 3.05) is 0 Å². The number of carboxylic acid groups (broad SMARTS) is 1. The van der Waals surface area contributed by atoms with E-state index in [1.165, 1.54) is 0 Å². The molecule has 0 radical (unpaired) electrons. The molecule has 1 aromatic carbocycles. The molecule has 10 heteroatoms. The lowest BCUT2D eigenvalue weighted by Crippen LogP contribution is -2.35. The molecule has 10 nitrogen and oxygen atoms in total. The van der Waals surface area contributed by atoms with E-state index in [2.05, 4.69) is 32.5 Å². The zero-order valence-corrected chi connectivity index (χ0v) is 22.3. The van der Waals surface area contributed by atoms with E-state index >= 15 is 0 Å². The predicted molar refractivity (Wildman–Crippen MR) is 147 cm³/mol. The Morgan fingerprint density at radius 1 is 1.08 bits per heavy atom. The summed E-state index contributed by atoms with van der Waals surface area (Å²) in [5, 5.41) is 24.6. The molecule has 1 fully saturated rings. The van der Waals surface area contributed by atoms with Crippen LogP contribution in [0.2, 0.25) is 0 Å². The number of aromatic amines is 1. The third-order valence-electron chi connectivity index (χ3n) is 7.81. The second-order valence-electron chi connectivity index (χ2n) is 10.3. The Morgan fingerprint density at radius 2 is 1.87 bits per heavy atom. The maximum atomic E-state index is 14.0. The van der Waals surface area contributed by atoms with Crippen molar-refractivity contribution in [3.8, 4) is 22.5 Å². The van der Waals surface area contributed by atoms with Crippen molar-refractivity contribution in [3.63, 3.8) is 0 Å². The highest BCUT2D eigenvalue weighted by molar-refractivity contribution is 5.81. The zero-order chi connectivity index (χ0) is 27.2. The van der Waals surface area contributed by atoms with E-state index in [9.17, 15) is 14.7 Å². The van der Waals surface area contributed by atoms with Crippen molar-refractivity contribution in [1.29, 1.82) is 0 Å². The van der Waals surface area contributed by atoms with Crippen LogP contribution >= 0.6 is 0 Å². The number of rotatable bonds is 9. The van der Waals surface area contributed by atoms with Gasteiger partial charge in [0.1, 0.15) is 0 Å². The molecule has 0 aliphatic heterocycles. The smallest absolute Gasteiger partial charge is 0.328 e. The van der Waals surface area contributed by atoms with Crippen LogP contribution in [0.25, 0.3) is 22.5 Å². The van der Waals surface area contributed by atoms with Gasteiger partial charge in [-0.2, -0.15) is 5.21 Å². The van der Waals surface area contributed by atoms with Gasteiger partial charge < -0.3 is 5.11 Å². The number of hydrogen-bond donors (Lipinski definition) is 2. The number of aryl methyl sites for hydroxylation is 1. The average molecular weight is 530 g/mol. The molecule has 2 N–H and O–H groups in total. The molecule has 0 saturated heterocycles. The molecular weight excluding hydrogens is 494 g/mol. The Bertz CT molecular complexity index is 1460. The number of benzene rings is 1. The molecule has 0 spiro atoms. The normalized spacial score (nSPS) is 18.0. The lowest BCUT2D eigenvalue weighted by Gasteiger charge is -2.26. The molecule has 4 aromatic rings. The molecule has 39 heavy (non-hydrogen) atoms. The summed E-state index contributed by atoms with van der Waals surface area (Å²) >= 11 is 0. The van der Waals surface area contributed by atoms with Crippen molar-refractivity contribution < 1.29 is 9.90 Å². The Morgan fingerprint density at radius 3 is 2.62 bits per heavy atom. The molecule has 0 bridgehead atoms. The van der Waals surface area contributed by atoms with E-state index in [-0.39, 0.29) is 11.7 Å². The number of aromatic nitrogens is 7. The fourth-order valence-electron chi connectivity index (χ4n) is 5.77. The number of hydrogen-bond acceptors (Lipinski definition) is 6. The van der Waals surface area contributed by atoms with Gasteiger partial charge in [-0.1, -0.05) is 63.3 Å². The number of nitrogens with zero attached hydrogens (tertiary/aromatic N) is 6. The van der Waals surface area contributed by atoms with Crippen LogP contribution in [0.3, 0.4) is 0 Å². The van der Waals surface area contributed by atoms with E-state index in [0.717, 1.165) is 72.9 Å². The van der Waals surface area contributed by atoms with Crippen LogP contribution in [-0.4, -0.2) is 45.8 Å². The van der Waals surface area contributed by atoms with Gasteiger partial charge in [-0.15, -0.1) is 10.2 Å². The van der Waals surface area contributed by atoms with Crippen molar-refractivity contribution in [3.05, 3.63) is 70.7 Å². The molecule has 0 amide bonds. The molecular formula is C29H35N7O3. The van der Waals surface area contributed by atoms with Gasteiger partial charge in [-0.3, -0.25) is 18.9 Å². The first-order chi connectivity index (χ1) is 19.1. The third-order valence-corrected chi connectivity index (χ3v) is 7.81. The number of aliphatic carboxylic acids is 1. The topological polar surface area (TPSA) is 132 Å². The van der Waals surface area contributed by atoms with Crippen molar-refractivity contribution in [2.45, 2.75) is 77.3 Å². The van der Waals surface area contributed by atoms with Gasteiger partial charge in [-0.25, -0.2) is 4.79 Å². The number of imidazole rings is 1. The van der Waals surface area contributed by atoms with E-state index in [1.54, 1.807) is 17.0 Å². The molecule has 3 heterocycles. The summed E-state index contributed by atoms with van der Waals surface area (Å²) in [7, 11) is 0. The quantitative estimate of drug-likeness (QED) is 0.316. The lowest BCUT2D eigenvalue weighted by molar-refractivity contribution is -0.144. The minimum absolute atomic E-state index is 0.154. The Hall–Kier alpha value is -4.08. The number of carboxylic acids is 1. The molecule has 5 rings (SSSR count). The Labute approximate surface area is 227 Å². The maximum absolute atomic E-state index is 14.0. The van der Waals surface area contributed by atoms with Crippen molar-refractivity contribution in [1.82, 2.24) is 34.7 Å². The van der Waals surface area contributed by atoms with Gasteiger partial charge in [0.15, 0.2) is 0 Å². The third kappa shape index (κ3) is 5.69. The largest absolute Gasteiger partial charge is 0.481 e. The number of carbonyl (C=O) groups is 1. The van der Waals surface area contributed by atoms with Crippen LogP contribution in [0.4, 0.5) is 0 Å². The summed E-state index contributed by atoms with van der Waals surface area (Å²) in [4.78, 5) is 30.6. The van der Waals surface area contributed by atoms with Crippen LogP contribution in [0.5, 0.6) is 0 Å². The summed E-state index contributed by atoms with van der Waals surface area (Å²) in [6, 6.07) is 9.43. The minimum Gasteiger partial charge on any atom is -0.481 e. The summed E-state index contributed by atoms with van der Waals surface area (Å²) in [6.45, 7) is 2.46. The Kier molecular flexibility index (Phi) is 8.29. The first-order valence-corrected chi connectivity index (χ1v) is 13.9. The highest BCUT2D eigenvalue weighted by Crippen LogP contribution is 2.34. The van der Waals surface area contributed by atoms with Gasteiger partial charge in [0.05, 0.1) is 18.5 Å². The van der Waals surface area contributed by atoms with Gasteiger partial charge in [-0.05, 0) is 53.7 Å². The fourth-order valence-corrected chi connectivity index (χ4v) is 5.77. The highest BCUT2D eigenvalue weighted by Gasteiger charge is 2.32. The summed E-state index contributed by atoms with van der Waals surface area (Å²) in [5.41, 5.74) is 4.34. The van der Waals surface area contributed by atoms with Gasteiger partial charge in [0.2, 0.25) is 5.82 Å². The van der Waals surface area contributed by atoms with Crippen molar-refractivity contribution in [2.24, 2.45) is 5.92 Å². The van der Waals surface area contributed by atoms with Crippen molar-refractivity contribution >= 4 is 5.97 Å². The minimum atomic E-state index is -0.815. The monoisotopic (exact) mass is 529 g/mol. The van der Waals surface area contributed by atoms with Crippen LogP contribution in [0.15, 0.2) is 53.7 Å². The van der Waals surface area contributed by atoms with E-state index in [4.69, 9.17) is 0 Å². The molecule has 1 saturated carbocycles. The highest BCUT2D eigenvalue weighted by atomic mass is 16.4. The molecule has 2 atom stereocenters. The van der Waals surface area contributed by atoms with Crippen LogP contribution in [-0.2, 0) is 17.8 Å². The molecule has 1 aliphatic rings. The standard InChI is InChI=1S/C29H35N7O3/c1-2-3-10-21-19-36(26-14-7-5-4-6-13-25(26)28(37)38)29(39)35(21)18-20-17-30-16-15-22(20)23-11-8-9-12-24(23)27-31-33-34-32-27/h8-9,11-12,15-17,19,25-26H,2-7,10,13-14,18H2,1H3,(H,37,38)(H,31,32,33,34). The zero-order valence-electron chi connectivity index (χ0n) is 22.3. The van der Waals surface area contributed by atoms with E-state index in [0.29, 0.717) is 25.2 Å². The maximum Gasteiger partial charge on any atom is 0.328 e. The molecule has 2 unspecified atom stereocenters. The van der Waals surface area contributed by atoms with Gasteiger partial charge in [0, 0.05) is 29.8 Å². The first kappa shape index (κ1) is 26.5. The second kappa shape index (κ2) is 12.2. The summed E-state index contributed by atoms with van der Waals surface area (Å²) < 4.78 is 3.53. The van der Waals surface area contributed by atoms with Gasteiger partial charge in [0.25, 0.3) is 0 Å². The summed E-state index contributed by atoms with van der Waals surface area (Å²) in [5.74, 6) is -0.887. The number of tetrazole rings is 1. The van der Waals surface area contributed by atoms with Crippen LogP contribution in [0, 0.1) is 5.92 Å². The number of H-pyrrole nitrogens is 1. The number of unbranched alkanes of at least 4 members (excludes halogenated alkanes) is 1. The van der Waals surface area contributed by atoms with Crippen LogP contribution < -0.4 is 5.69 Å². The van der Waals surface area contributed by atoms with Gasteiger partial charge >= 0.3 is 11.7 Å². The molecule has 1 aliphatic carbocycles. The average Bonchev–Trinajstić information content (AvgIpc) is 3.57. The Balaban J connectivity index is 1.57. The SMILES string of the molecule is CCCCc1cn(C2CCCCCCC2C(=O)O)c(=O)n1Cc1cnccc1-c1ccccc1-c1nn[nH]n1. The summed E-state index contributed by atoms with van der Waals surface area (Å²) in [6.07, 6.45) is 13.4.